The number of benzene rings is 3. The van der Waals surface area contributed by atoms with Gasteiger partial charge < -0.3 is 22.1 Å². The molecule has 13 heteroatoms. The second kappa shape index (κ2) is 12.9. The van der Waals surface area contributed by atoms with Crippen molar-refractivity contribution in [1.82, 2.24) is 0 Å². The molecular formula is C27H23BrF9O2P. The molecule has 1 N–H and O–H groups in total. The van der Waals surface area contributed by atoms with Gasteiger partial charge in [-0.15, -0.1) is 0 Å². The number of halogens is 10. The van der Waals surface area contributed by atoms with Crippen LogP contribution in [-0.2, 0) is 23.3 Å². The fourth-order valence-electron chi connectivity index (χ4n) is 4.35. The summed E-state index contributed by atoms with van der Waals surface area (Å²) in [5.41, 5.74) is -2.86. The first-order chi connectivity index (χ1) is 18.0. The number of hydrogen-bond donors (Lipinski definition) is 1. The molecule has 0 radical (unpaired) electrons. The molecule has 0 amide bonds. The van der Waals surface area contributed by atoms with E-state index in [1.807, 2.05) is 0 Å². The lowest BCUT2D eigenvalue weighted by Crippen LogP contribution is -3.00. The van der Waals surface area contributed by atoms with Gasteiger partial charge in [-0.1, -0.05) is 0 Å². The Kier molecular flexibility index (Phi) is 10.9. The van der Waals surface area contributed by atoms with Crippen molar-refractivity contribution < 1.29 is 66.4 Å². The minimum atomic E-state index is -4.65. The molecule has 0 aliphatic rings. The highest BCUT2D eigenvalue weighted by atomic mass is 79.9. The van der Waals surface area contributed by atoms with Gasteiger partial charge in [0.15, 0.2) is 0 Å². The number of carboxylic acid groups (broad SMARTS) is 1. The second-order valence-corrected chi connectivity index (χ2v) is 12.5. The Bertz CT molecular complexity index is 1110. The van der Waals surface area contributed by atoms with Crippen LogP contribution in [0.15, 0.2) is 72.8 Å². The van der Waals surface area contributed by atoms with E-state index in [9.17, 15) is 44.3 Å². The summed E-state index contributed by atoms with van der Waals surface area (Å²) in [6.07, 6.45) is -12.9. The topological polar surface area (TPSA) is 37.3 Å². The molecule has 40 heavy (non-hydrogen) atoms. The number of carboxylic acids is 1. The first kappa shape index (κ1) is 33.6. The van der Waals surface area contributed by atoms with E-state index in [4.69, 9.17) is 5.11 Å². The van der Waals surface area contributed by atoms with Crippen LogP contribution in [0.2, 0.25) is 0 Å². The third-order valence-corrected chi connectivity index (χ3v) is 10.8. The molecule has 218 valence electrons. The van der Waals surface area contributed by atoms with Crippen LogP contribution in [-0.4, -0.2) is 17.2 Å². The molecule has 0 aliphatic heterocycles. The van der Waals surface area contributed by atoms with Crippen molar-refractivity contribution in [1.29, 1.82) is 0 Å². The van der Waals surface area contributed by atoms with Crippen molar-refractivity contribution >= 4 is 29.1 Å². The van der Waals surface area contributed by atoms with Crippen LogP contribution in [0.25, 0.3) is 0 Å². The minimum absolute atomic E-state index is 0. The summed E-state index contributed by atoms with van der Waals surface area (Å²) >= 11 is 0. The molecule has 0 saturated heterocycles. The lowest BCUT2D eigenvalue weighted by Gasteiger charge is -2.28. The lowest BCUT2D eigenvalue weighted by atomic mass is 10.2. The van der Waals surface area contributed by atoms with Gasteiger partial charge in [-0.05, 0) is 92.1 Å². The first-order valence-corrected chi connectivity index (χ1v) is 13.7. The van der Waals surface area contributed by atoms with E-state index in [0.717, 1.165) is 36.4 Å². The summed E-state index contributed by atoms with van der Waals surface area (Å²) < 4.78 is 119. The molecule has 3 aromatic rings. The van der Waals surface area contributed by atoms with Gasteiger partial charge in [-0.25, -0.2) is 0 Å². The van der Waals surface area contributed by atoms with Crippen LogP contribution in [0.5, 0.6) is 0 Å². The monoisotopic (exact) mass is 660 g/mol. The van der Waals surface area contributed by atoms with Gasteiger partial charge in [-0.3, -0.25) is 4.79 Å². The molecule has 0 bridgehead atoms. The molecule has 0 heterocycles. The Morgan fingerprint density at radius 1 is 0.550 bits per heavy atom. The van der Waals surface area contributed by atoms with Gasteiger partial charge in [0.1, 0.15) is 23.2 Å². The van der Waals surface area contributed by atoms with Crippen molar-refractivity contribution in [2.24, 2.45) is 0 Å². The van der Waals surface area contributed by atoms with Crippen molar-refractivity contribution in [3.8, 4) is 0 Å². The number of carbonyl (C=O) groups is 1. The third-order valence-electron chi connectivity index (χ3n) is 6.29. The molecule has 2 nitrogen and oxygen atoms in total. The largest absolute Gasteiger partial charge is 1.00 e. The molecule has 0 unspecified atom stereocenters. The summed E-state index contributed by atoms with van der Waals surface area (Å²) in [6.45, 7) is 0. The second-order valence-electron chi connectivity index (χ2n) is 8.87. The predicted octanol–water partition coefficient (Wildman–Crippen LogP) is 4.69. The van der Waals surface area contributed by atoms with Gasteiger partial charge in [0.2, 0.25) is 0 Å². The number of unbranched alkanes of at least 4 members (excludes halogenated alkanes) is 2. The average Bonchev–Trinajstić information content (AvgIpc) is 2.85. The summed E-state index contributed by atoms with van der Waals surface area (Å²) in [4.78, 5) is 10.9. The zero-order valence-corrected chi connectivity index (χ0v) is 23.0. The lowest BCUT2D eigenvalue weighted by molar-refractivity contribution is -0.138. The van der Waals surface area contributed by atoms with Crippen molar-refractivity contribution in [3.05, 3.63) is 89.5 Å². The van der Waals surface area contributed by atoms with Crippen molar-refractivity contribution in [3.63, 3.8) is 0 Å². The maximum atomic E-state index is 13.3. The Labute approximate surface area is 235 Å². The number of hydrogen-bond acceptors (Lipinski definition) is 1. The molecule has 0 fully saturated rings. The smallest absolute Gasteiger partial charge is 0.416 e. The number of rotatable bonds is 9. The highest BCUT2D eigenvalue weighted by Crippen LogP contribution is 2.56. The molecule has 0 spiro atoms. The molecule has 3 aromatic carbocycles. The zero-order valence-electron chi connectivity index (χ0n) is 20.5. The van der Waals surface area contributed by atoms with Crippen LogP contribution in [0.3, 0.4) is 0 Å². The summed E-state index contributed by atoms with van der Waals surface area (Å²) in [5.74, 6) is -1.02. The summed E-state index contributed by atoms with van der Waals surface area (Å²) in [5, 5.41) is 9.94. The van der Waals surface area contributed by atoms with Crippen LogP contribution in [0.4, 0.5) is 39.5 Å². The zero-order chi connectivity index (χ0) is 29.1. The molecular weight excluding hydrogens is 638 g/mol. The first-order valence-electron chi connectivity index (χ1n) is 11.7. The van der Waals surface area contributed by atoms with Crippen LogP contribution in [0, 0.1) is 0 Å². The maximum Gasteiger partial charge on any atom is 0.416 e. The van der Waals surface area contributed by atoms with Gasteiger partial charge in [0, 0.05) is 6.42 Å². The molecule has 0 saturated carbocycles. The van der Waals surface area contributed by atoms with E-state index in [1.165, 1.54) is 36.4 Å². The fourth-order valence-corrected chi connectivity index (χ4v) is 8.69. The van der Waals surface area contributed by atoms with Gasteiger partial charge in [-0.2, -0.15) is 39.5 Å². The van der Waals surface area contributed by atoms with E-state index in [2.05, 4.69) is 0 Å². The van der Waals surface area contributed by atoms with E-state index in [0.29, 0.717) is 28.8 Å². The quantitative estimate of drug-likeness (QED) is 0.206. The third kappa shape index (κ3) is 8.00. The Balaban J connectivity index is 0.00000560. The Hall–Kier alpha value is -2.59. The molecule has 0 aliphatic carbocycles. The van der Waals surface area contributed by atoms with Gasteiger partial charge >= 0.3 is 24.5 Å². The molecule has 0 aromatic heterocycles. The standard InChI is InChI=1S/C27H22F9O2P.BrH/c28-25(29,30)18-5-11-21(12-6-18)39(17-3-1-2-4-24(37)38,22-13-7-19(8-14-22)26(31,32)33)23-15-9-20(10-16-23)27(34,35)36;/h5-16H,1-4,17H2;1H. The van der Waals surface area contributed by atoms with Crippen LogP contribution >= 0.6 is 7.26 Å². The van der Waals surface area contributed by atoms with Crippen molar-refractivity contribution in [2.75, 3.05) is 6.16 Å². The normalized spacial score (nSPS) is 12.6. The molecule has 3 rings (SSSR count). The highest BCUT2D eigenvalue weighted by Gasteiger charge is 2.46. The van der Waals surface area contributed by atoms with Gasteiger partial charge in [0.25, 0.3) is 0 Å². The Morgan fingerprint density at radius 3 is 1.10 bits per heavy atom. The Morgan fingerprint density at radius 2 is 0.850 bits per heavy atom. The van der Waals surface area contributed by atoms with E-state index in [1.54, 1.807) is 0 Å². The minimum Gasteiger partial charge on any atom is -1.00 e. The molecule has 0 atom stereocenters. The fraction of sp³-hybridized carbons (Fsp3) is 0.296. The number of aliphatic carboxylic acids is 1. The average molecular weight is 661 g/mol. The van der Waals surface area contributed by atoms with E-state index in [-0.39, 0.29) is 36.0 Å². The van der Waals surface area contributed by atoms with Gasteiger partial charge in [0.05, 0.1) is 22.9 Å². The highest BCUT2D eigenvalue weighted by molar-refractivity contribution is 7.95. The number of alkyl halides is 9. The van der Waals surface area contributed by atoms with E-state index < -0.39 is 48.5 Å². The SMILES string of the molecule is O=C(O)CCCCC[P+](c1ccc(C(F)(F)F)cc1)(c1ccc(C(F)(F)F)cc1)c1ccc(C(F)(F)F)cc1.[Br-]. The van der Waals surface area contributed by atoms with E-state index >= 15 is 0 Å². The summed E-state index contributed by atoms with van der Waals surface area (Å²) in [6, 6.07) is 12.3. The van der Waals surface area contributed by atoms with Crippen LogP contribution < -0.4 is 32.9 Å². The van der Waals surface area contributed by atoms with Crippen molar-refractivity contribution in [2.45, 2.75) is 44.2 Å². The predicted molar refractivity (Wildman–Crippen MR) is 131 cm³/mol. The summed E-state index contributed by atoms with van der Waals surface area (Å²) in [7, 11) is -3.08. The maximum absolute atomic E-state index is 13.3. The van der Waals surface area contributed by atoms with Crippen LogP contribution in [0.1, 0.15) is 42.4 Å².